The van der Waals surface area contributed by atoms with Crippen LogP contribution in [0.15, 0.2) is 42.6 Å². The van der Waals surface area contributed by atoms with E-state index in [1.807, 2.05) is 44.4 Å². The fraction of sp³-hybridized carbons (Fsp3) is 0.267. The molecule has 1 aromatic carbocycles. The van der Waals surface area contributed by atoms with Gasteiger partial charge in [0, 0.05) is 30.1 Å². The molecule has 0 unspecified atom stereocenters. The van der Waals surface area contributed by atoms with Crippen molar-refractivity contribution in [3.8, 4) is 5.75 Å². The first-order chi connectivity index (χ1) is 8.79. The Morgan fingerprint density at radius 1 is 1.22 bits per heavy atom. The van der Waals surface area contributed by atoms with Gasteiger partial charge in [0.1, 0.15) is 12.4 Å². The van der Waals surface area contributed by atoms with Gasteiger partial charge in [-0.25, -0.2) is 0 Å². The highest BCUT2D eigenvalue weighted by Crippen LogP contribution is 2.19. The fourth-order valence-electron chi connectivity index (χ4n) is 1.76. The lowest BCUT2D eigenvalue weighted by Crippen LogP contribution is -2.08. The number of aryl methyl sites for hydroxylation is 1. The molecule has 2 rings (SSSR count). The Morgan fingerprint density at radius 3 is 2.72 bits per heavy atom. The summed E-state index contributed by atoms with van der Waals surface area (Å²) in [6, 6.07) is 12.1. The Labute approximate surface area is 108 Å². The van der Waals surface area contributed by atoms with E-state index in [2.05, 4.69) is 22.4 Å². The van der Waals surface area contributed by atoms with Crippen LogP contribution < -0.4 is 10.1 Å². The maximum atomic E-state index is 5.88. The molecular weight excluding hydrogens is 224 g/mol. The summed E-state index contributed by atoms with van der Waals surface area (Å²) in [7, 11) is 1.92. The smallest absolute Gasteiger partial charge is 0.127 e. The van der Waals surface area contributed by atoms with Crippen LogP contribution in [0.1, 0.15) is 16.8 Å². The van der Waals surface area contributed by atoms with Crippen molar-refractivity contribution < 1.29 is 4.74 Å². The van der Waals surface area contributed by atoms with Gasteiger partial charge in [0.25, 0.3) is 0 Å². The van der Waals surface area contributed by atoms with Crippen LogP contribution in [0.25, 0.3) is 0 Å². The average molecular weight is 242 g/mol. The molecule has 3 nitrogen and oxygen atoms in total. The van der Waals surface area contributed by atoms with E-state index in [0.717, 1.165) is 23.6 Å². The Bertz CT molecular complexity index is 497. The van der Waals surface area contributed by atoms with Gasteiger partial charge in [0.05, 0.1) is 0 Å². The minimum absolute atomic E-state index is 0.584. The van der Waals surface area contributed by atoms with E-state index >= 15 is 0 Å². The zero-order valence-corrected chi connectivity index (χ0v) is 10.8. The molecule has 1 aromatic heterocycles. The van der Waals surface area contributed by atoms with Gasteiger partial charge in [0.2, 0.25) is 0 Å². The van der Waals surface area contributed by atoms with Gasteiger partial charge in [-0.2, -0.15) is 0 Å². The number of nitrogens with one attached hydrogen (secondary N) is 1. The van der Waals surface area contributed by atoms with Crippen molar-refractivity contribution in [1.29, 1.82) is 0 Å². The summed E-state index contributed by atoms with van der Waals surface area (Å²) in [6.45, 7) is 3.32. The minimum Gasteiger partial charge on any atom is -0.488 e. The number of aromatic nitrogens is 1. The van der Waals surface area contributed by atoms with Crippen molar-refractivity contribution >= 4 is 0 Å². The molecule has 1 heterocycles. The molecule has 0 bridgehead atoms. The summed E-state index contributed by atoms with van der Waals surface area (Å²) < 4.78 is 5.88. The van der Waals surface area contributed by atoms with E-state index in [-0.39, 0.29) is 0 Å². The summed E-state index contributed by atoms with van der Waals surface area (Å²) in [5.74, 6) is 0.903. The molecule has 0 aliphatic rings. The van der Waals surface area contributed by atoms with Gasteiger partial charge in [-0.1, -0.05) is 30.3 Å². The Hall–Kier alpha value is -1.87. The molecular formula is C15H18N2O. The lowest BCUT2D eigenvalue weighted by Gasteiger charge is -2.11. The number of rotatable bonds is 5. The van der Waals surface area contributed by atoms with Crippen molar-refractivity contribution in [1.82, 2.24) is 10.3 Å². The summed E-state index contributed by atoms with van der Waals surface area (Å²) in [5, 5.41) is 3.12. The predicted molar refractivity (Wildman–Crippen MR) is 72.5 cm³/mol. The average Bonchev–Trinajstić information content (AvgIpc) is 2.40. The number of benzene rings is 1. The zero-order valence-electron chi connectivity index (χ0n) is 10.8. The number of hydrogen-bond acceptors (Lipinski definition) is 3. The van der Waals surface area contributed by atoms with Gasteiger partial charge < -0.3 is 10.1 Å². The molecule has 94 valence electrons. The maximum Gasteiger partial charge on any atom is 0.127 e. The first kappa shape index (κ1) is 12.6. The third kappa shape index (κ3) is 3.31. The fourth-order valence-corrected chi connectivity index (χ4v) is 1.76. The van der Waals surface area contributed by atoms with Crippen molar-refractivity contribution in [3.63, 3.8) is 0 Å². The van der Waals surface area contributed by atoms with Crippen LogP contribution in [-0.4, -0.2) is 12.0 Å². The number of hydrogen-bond donors (Lipinski definition) is 1. The van der Waals surface area contributed by atoms with Crippen molar-refractivity contribution in [2.24, 2.45) is 0 Å². The molecule has 1 N–H and O–H groups in total. The second kappa shape index (κ2) is 6.17. The van der Waals surface area contributed by atoms with E-state index in [0.29, 0.717) is 6.61 Å². The molecule has 0 saturated carbocycles. The van der Waals surface area contributed by atoms with E-state index in [1.165, 1.54) is 5.56 Å². The van der Waals surface area contributed by atoms with Gasteiger partial charge in [-0.15, -0.1) is 0 Å². The first-order valence-corrected chi connectivity index (χ1v) is 6.06. The van der Waals surface area contributed by atoms with E-state index in [9.17, 15) is 0 Å². The van der Waals surface area contributed by atoms with Crippen LogP contribution in [0, 0.1) is 6.92 Å². The third-order valence-corrected chi connectivity index (χ3v) is 2.68. The molecule has 2 aromatic rings. The topological polar surface area (TPSA) is 34.2 Å². The third-order valence-electron chi connectivity index (χ3n) is 2.68. The monoisotopic (exact) mass is 242 g/mol. The first-order valence-electron chi connectivity index (χ1n) is 6.06. The highest BCUT2D eigenvalue weighted by Gasteiger charge is 2.04. The Kier molecular flexibility index (Phi) is 4.31. The molecule has 18 heavy (non-hydrogen) atoms. The van der Waals surface area contributed by atoms with Crippen molar-refractivity contribution in [2.45, 2.75) is 20.1 Å². The van der Waals surface area contributed by atoms with E-state index < -0.39 is 0 Å². The lowest BCUT2D eigenvalue weighted by molar-refractivity contribution is 0.301. The molecule has 0 aliphatic carbocycles. The standard InChI is InChI=1S/C15H18N2O/c1-12-8-15(14(9-16-2)10-17-12)18-11-13-6-4-3-5-7-13/h3-8,10,16H,9,11H2,1-2H3. The van der Waals surface area contributed by atoms with Crippen LogP contribution in [0.2, 0.25) is 0 Å². The molecule has 0 spiro atoms. The molecule has 0 atom stereocenters. The van der Waals surface area contributed by atoms with E-state index in [4.69, 9.17) is 4.74 Å². The summed E-state index contributed by atoms with van der Waals surface area (Å²) in [5.41, 5.74) is 3.22. The van der Waals surface area contributed by atoms with Gasteiger partial charge in [-0.05, 0) is 19.5 Å². The SMILES string of the molecule is CNCc1cnc(C)cc1OCc1ccccc1. The maximum absolute atomic E-state index is 5.88. The molecule has 0 radical (unpaired) electrons. The van der Waals surface area contributed by atoms with Gasteiger partial charge >= 0.3 is 0 Å². The zero-order chi connectivity index (χ0) is 12.8. The van der Waals surface area contributed by atoms with Crippen LogP contribution in [0.3, 0.4) is 0 Å². The van der Waals surface area contributed by atoms with Crippen molar-refractivity contribution in [3.05, 3.63) is 59.4 Å². The van der Waals surface area contributed by atoms with Crippen LogP contribution in [-0.2, 0) is 13.2 Å². The predicted octanol–water partition coefficient (Wildman–Crippen LogP) is 2.69. The molecule has 0 amide bonds. The van der Waals surface area contributed by atoms with Crippen LogP contribution in [0.5, 0.6) is 5.75 Å². The summed E-state index contributed by atoms with van der Waals surface area (Å²) in [4.78, 5) is 4.29. The quantitative estimate of drug-likeness (QED) is 0.875. The highest BCUT2D eigenvalue weighted by atomic mass is 16.5. The molecule has 0 fully saturated rings. The van der Waals surface area contributed by atoms with E-state index in [1.54, 1.807) is 0 Å². The Morgan fingerprint density at radius 2 is 2.00 bits per heavy atom. The molecule has 3 heteroatoms. The van der Waals surface area contributed by atoms with Gasteiger partial charge in [-0.3, -0.25) is 4.98 Å². The summed E-state index contributed by atoms with van der Waals surface area (Å²) in [6.07, 6.45) is 1.87. The second-order valence-electron chi connectivity index (χ2n) is 4.24. The normalized spacial score (nSPS) is 10.3. The largest absolute Gasteiger partial charge is 0.488 e. The number of ether oxygens (including phenoxy) is 1. The molecule has 0 saturated heterocycles. The number of pyridine rings is 1. The molecule has 0 aliphatic heterocycles. The lowest BCUT2D eigenvalue weighted by atomic mass is 10.2. The Balaban J connectivity index is 2.10. The highest BCUT2D eigenvalue weighted by molar-refractivity contribution is 5.33. The second-order valence-corrected chi connectivity index (χ2v) is 4.24. The number of nitrogens with zero attached hydrogens (tertiary/aromatic N) is 1. The minimum atomic E-state index is 0.584. The van der Waals surface area contributed by atoms with Crippen molar-refractivity contribution in [2.75, 3.05) is 7.05 Å². The van der Waals surface area contributed by atoms with Crippen LogP contribution in [0.4, 0.5) is 0 Å². The van der Waals surface area contributed by atoms with Gasteiger partial charge in [0.15, 0.2) is 0 Å². The van der Waals surface area contributed by atoms with Crippen LogP contribution >= 0.6 is 0 Å². The summed E-state index contributed by atoms with van der Waals surface area (Å²) >= 11 is 0.